The Balaban J connectivity index is 1.78. The molecule has 8 nitrogen and oxygen atoms in total. The summed E-state index contributed by atoms with van der Waals surface area (Å²) >= 11 is 1.29. The standard InChI is InChI=1S/C17H18N2O6S/c1-17(2)11(16(24)25)19-13(21)10(14(19)26-17)18-12(20)9(15(22)23)8-6-4-3-5-7-8/h3-7,9-11,14H,1-2H3,(H,18,20)(H,22,23)(H,24,25)/t9-,10+,11-,14+/m0/s1. The van der Waals surface area contributed by atoms with Crippen LogP contribution in [0, 0.1) is 0 Å². The highest BCUT2D eigenvalue weighted by Gasteiger charge is 2.64. The Kier molecular flexibility index (Phi) is 4.43. The molecule has 2 aliphatic heterocycles. The third-order valence-corrected chi connectivity index (χ3v) is 6.19. The van der Waals surface area contributed by atoms with Gasteiger partial charge in [0.15, 0.2) is 5.92 Å². The third-order valence-electron chi connectivity index (χ3n) is 4.61. The van der Waals surface area contributed by atoms with E-state index in [0.29, 0.717) is 5.56 Å². The highest BCUT2D eigenvalue weighted by Crippen LogP contribution is 2.50. The van der Waals surface area contributed by atoms with E-state index >= 15 is 0 Å². The van der Waals surface area contributed by atoms with Crippen LogP contribution in [0.4, 0.5) is 0 Å². The number of hydrogen-bond acceptors (Lipinski definition) is 5. The van der Waals surface area contributed by atoms with Crippen molar-refractivity contribution in [1.82, 2.24) is 10.2 Å². The van der Waals surface area contributed by atoms with Gasteiger partial charge in [0.05, 0.1) is 0 Å². The fourth-order valence-electron chi connectivity index (χ4n) is 3.43. The van der Waals surface area contributed by atoms with Crippen molar-refractivity contribution < 1.29 is 29.4 Å². The van der Waals surface area contributed by atoms with Crippen LogP contribution < -0.4 is 5.32 Å². The smallest absolute Gasteiger partial charge is 0.327 e. The summed E-state index contributed by atoms with van der Waals surface area (Å²) in [4.78, 5) is 49.2. The van der Waals surface area contributed by atoms with Gasteiger partial charge in [-0.05, 0) is 19.4 Å². The monoisotopic (exact) mass is 378 g/mol. The maximum Gasteiger partial charge on any atom is 0.327 e. The van der Waals surface area contributed by atoms with Gasteiger partial charge in [0.25, 0.3) is 0 Å². The Hall–Kier alpha value is -2.55. The summed E-state index contributed by atoms with van der Waals surface area (Å²) in [5.74, 6) is -5.16. The number of rotatable bonds is 5. The van der Waals surface area contributed by atoms with Crippen molar-refractivity contribution in [3.8, 4) is 0 Å². The zero-order chi connectivity index (χ0) is 19.2. The Morgan fingerprint density at radius 3 is 2.35 bits per heavy atom. The molecule has 2 saturated heterocycles. The van der Waals surface area contributed by atoms with Gasteiger partial charge in [0, 0.05) is 4.75 Å². The first kappa shape index (κ1) is 18.2. The number of aliphatic carboxylic acids is 2. The van der Waals surface area contributed by atoms with Crippen LogP contribution in [-0.2, 0) is 19.2 Å². The van der Waals surface area contributed by atoms with Crippen LogP contribution in [0.25, 0.3) is 0 Å². The number of hydrogen-bond donors (Lipinski definition) is 3. The molecule has 3 rings (SSSR count). The normalized spacial score (nSPS) is 27.2. The van der Waals surface area contributed by atoms with Crippen LogP contribution in [0.5, 0.6) is 0 Å². The molecule has 2 amide bonds. The average Bonchev–Trinajstić information content (AvgIpc) is 2.82. The van der Waals surface area contributed by atoms with E-state index in [4.69, 9.17) is 0 Å². The first-order valence-electron chi connectivity index (χ1n) is 7.96. The number of nitrogens with zero attached hydrogens (tertiary/aromatic N) is 1. The zero-order valence-corrected chi connectivity index (χ0v) is 14.9. The predicted molar refractivity (Wildman–Crippen MR) is 92.5 cm³/mol. The van der Waals surface area contributed by atoms with Crippen LogP contribution in [0.2, 0.25) is 0 Å². The molecule has 2 fully saturated rings. The van der Waals surface area contributed by atoms with Gasteiger partial charge >= 0.3 is 11.9 Å². The minimum absolute atomic E-state index is 0.309. The number of amides is 2. The molecule has 0 bridgehead atoms. The van der Waals surface area contributed by atoms with E-state index in [0.717, 1.165) is 0 Å². The Morgan fingerprint density at radius 2 is 1.81 bits per heavy atom. The minimum atomic E-state index is -1.44. The predicted octanol–water partition coefficient (Wildman–Crippen LogP) is 0.486. The van der Waals surface area contributed by atoms with E-state index in [1.807, 2.05) is 0 Å². The molecule has 26 heavy (non-hydrogen) atoms. The summed E-state index contributed by atoms with van der Waals surface area (Å²) in [6.45, 7) is 3.45. The second-order valence-electron chi connectivity index (χ2n) is 6.77. The lowest BCUT2D eigenvalue weighted by molar-refractivity contribution is -0.161. The van der Waals surface area contributed by atoms with E-state index in [2.05, 4.69) is 5.32 Å². The highest BCUT2D eigenvalue weighted by atomic mass is 32.2. The van der Waals surface area contributed by atoms with E-state index in [1.54, 1.807) is 32.0 Å². The molecule has 138 valence electrons. The van der Waals surface area contributed by atoms with Crippen LogP contribution in [0.15, 0.2) is 30.3 Å². The molecule has 0 spiro atoms. The summed E-state index contributed by atoms with van der Waals surface area (Å²) in [5, 5.41) is 20.8. The Bertz CT molecular complexity index is 781. The maximum absolute atomic E-state index is 12.5. The van der Waals surface area contributed by atoms with Crippen molar-refractivity contribution in [2.45, 2.75) is 42.0 Å². The van der Waals surface area contributed by atoms with Crippen LogP contribution in [0.1, 0.15) is 25.3 Å². The summed E-state index contributed by atoms with van der Waals surface area (Å²) in [6.07, 6.45) is 0. The van der Waals surface area contributed by atoms with Crippen molar-refractivity contribution in [2.75, 3.05) is 0 Å². The third kappa shape index (κ3) is 2.82. The maximum atomic E-state index is 12.5. The number of benzene rings is 1. The topological polar surface area (TPSA) is 124 Å². The molecular formula is C17H18N2O6S. The number of carboxylic acid groups (broad SMARTS) is 2. The molecule has 0 radical (unpaired) electrons. The number of β-lactam (4-membered cyclic amide) rings is 1. The molecule has 2 aliphatic rings. The van der Waals surface area contributed by atoms with Gasteiger partial charge < -0.3 is 20.4 Å². The molecule has 2 heterocycles. The Labute approximate surface area is 153 Å². The van der Waals surface area contributed by atoms with Crippen molar-refractivity contribution in [1.29, 1.82) is 0 Å². The van der Waals surface area contributed by atoms with E-state index in [9.17, 15) is 29.4 Å². The average molecular weight is 378 g/mol. The van der Waals surface area contributed by atoms with Crippen LogP contribution in [-0.4, -0.2) is 61.1 Å². The second-order valence-corrected chi connectivity index (χ2v) is 8.54. The fourth-order valence-corrected chi connectivity index (χ4v) is 5.06. The molecular weight excluding hydrogens is 360 g/mol. The van der Waals surface area contributed by atoms with Gasteiger partial charge in [0.2, 0.25) is 11.8 Å². The lowest BCUT2D eigenvalue weighted by Crippen LogP contribution is -2.71. The molecule has 0 aromatic heterocycles. The SMILES string of the molecule is CC1(C)S[C@@H]2[C@H](NC(=O)[C@@H](C(=O)O)c3ccccc3)C(=O)N2[C@H]1C(=O)O. The Morgan fingerprint density at radius 1 is 1.19 bits per heavy atom. The molecule has 0 saturated carbocycles. The highest BCUT2D eigenvalue weighted by molar-refractivity contribution is 8.01. The summed E-state index contributed by atoms with van der Waals surface area (Å²) in [7, 11) is 0. The largest absolute Gasteiger partial charge is 0.480 e. The summed E-state index contributed by atoms with van der Waals surface area (Å²) in [6, 6.07) is 6.10. The van der Waals surface area contributed by atoms with E-state index < -0.39 is 51.9 Å². The molecule has 0 aliphatic carbocycles. The molecule has 3 N–H and O–H groups in total. The van der Waals surface area contributed by atoms with E-state index in [-0.39, 0.29) is 0 Å². The minimum Gasteiger partial charge on any atom is -0.480 e. The number of fused-ring (bicyclic) bond motifs is 1. The van der Waals surface area contributed by atoms with Crippen molar-refractivity contribution in [3.05, 3.63) is 35.9 Å². The summed E-state index contributed by atoms with van der Waals surface area (Å²) < 4.78 is -0.711. The van der Waals surface area contributed by atoms with Gasteiger partial charge in [-0.15, -0.1) is 11.8 Å². The molecule has 0 unspecified atom stereocenters. The molecule has 4 atom stereocenters. The number of carboxylic acids is 2. The van der Waals surface area contributed by atoms with Crippen molar-refractivity contribution >= 4 is 35.5 Å². The van der Waals surface area contributed by atoms with Gasteiger partial charge in [-0.25, -0.2) is 4.79 Å². The fraction of sp³-hybridized carbons (Fsp3) is 0.412. The van der Waals surface area contributed by atoms with E-state index in [1.165, 1.54) is 28.8 Å². The number of nitrogens with one attached hydrogen (secondary N) is 1. The van der Waals surface area contributed by atoms with Crippen molar-refractivity contribution in [3.63, 3.8) is 0 Å². The second kappa shape index (κ2) is 6.31. The molecule has 1 aromatic rings. The first-order chi connectivity index (χ1) is 12.1. The van der Waals surface area contributed by atoms with Crippen molar-refractivity contribution in [2.24, 2.45) is 0 Å². The van der Waals surface area contributed by atoms with Gasteiger partial charge in [-0.1, -0.05) is 30.3 Å². The number of carbonyl (C=O) groups is 4. The lowest BCUT2D eigenvalue weighted by atomic mass is 9.94. The lowest BCUT2D eigenvalue weighted by Gasteiger charge is -2.43. The van der Waals surface area contributed by atoms with Gasteiger partial charge in [-0.3, -0.25) is 14.4 Å². The first-order valence-corrected chi connectivity index (χ1v) is 8.84. The molecule has 9 heteroatoms. The van der Waals surface area contributed by atoms with Gasteiger partial charge in [0.1, 0.15) is 17.5 Å². The zero-order valence-electron chi connectivity index (χ0n) is 14.1. The number of carbonyl (C=O) groups excluding carboxylic acids is 2. The molecule has 1 aromatic carbocycles. The number of thioether (sulfide) groups is 1. The van der Waals surface area contributed by atoms with Gasteiger partial charge in [-0.2, -0.15) is 0 Å². The summed E-state index contributed by atoms with van der Waals surface area (Å²) in [5.41, 5.74) is 0.309. The van der Waals surface area contributed by atoms with Crippen LogP contribution >= 0.6 is 11.8 Å². The van der Waals surface area contributed by atoms with Crippen LogP contribution in [0.3, 0.4) is 0 Å². The quantitative estimate of drug-likeness (QED) is 0.503.